The van der Waals surface area contributed by atoms with Crippen LogP contribution in [0.3, 0.4) is 0 Å². The van der Waals surface area contributed by atoms with Crippen LogP contribution in [0.15, 0.2) is 47.6 Å². The molecular weight excluding hydrogens is 274 g/mol. The van der Waals surface area contributed by atoms with Gasteiger partial charge in [-0.05, 0) is 30.7 Å². The first-order valence-electron chi connectivity index (χ1n) is 6.17. The van der Waals surface area contributed by atoms with Gasteiger partial charge in [-0.1, -0.05) is 18.2 Å². The molecule has 0 saturated carbocycles. The molecule has 0 fully saturated rings. The van der Waals surface area contributed by atoms with Gasteiger partial charge in [0, 0.05) is 11.9 Å². The summed E-state index contributed by atoms with van der Waals surface area (Å²) in [7, 11) is 0. The lowest BCUT2D eigenvalue weighted by Gasteiger charge is -2.08. The third-order valence-electron chi connectivity index (χ3n) is 2.67. The molecule has 4 nitrogen and oxygen atoms in total. The number of hydrogen-bond donors (Lipinski definition) is 1. The van der Waals surface area contributed by atoms with E-state index >= 15 is 0 Å². The minimum atomic E-state index is -0.939. The quantitative estimate of drug-likeness (QED) is 0.653. The van der Waals surface area contributed by atoms with Crippen molar-refractivity contribution in [1.82, 2.24) is 4.98 Å². The van der Waals surface area contributed by atoms with Gasteiger partial charge in [-0.15, -0.1) is 11.8 Å². The Hall–Kier alpha value is -2.01. The Kier molecular flexibility index (Phi) is 5.01. The number of nitrogens with zero attached hydrogens (tertiary/aromatic N) is 1. The maximum atomic E-state index is 10.8. The number of aromatic carboxylic acids is 1. The molecule has 1 N–H and O–H groups in total. The van der Waals surface area contributed by atoms with E-state index in [1.165, 1.54) is 24.0 Å². The van der Waals surface area contributed by atoms with E-state index < -0.39 is 5.97 Å². The van der Waals surface area contributed by atoms with Crippen molar-refractivity contribution in [2.45, 2.75) is 11.9 Å². The highest BCUT2D eigenvalue weighted by Gasteiger charge is 2.05. The van der Waals surface area contributed by atoms with E-state index in [-0.39, 0.29) is 5.56 Å². The van der Waals surface area contributed by atoms with E-state index in [1.54, 1.807) is 6.07 Å². The standard InChI is InChI=1S/C15H15NO3S/c1-11-4-2-3-5-13(11)19-8-9-20-14-10-12(15(17)18)6-7-16-14/h2-7,10H,8-9H2,1H3,(H,17,18). The van der Waals surface area contributed by atoms with Crippen molar-refractivity contribution in [3.05, 3.63) is 53.7 Å². The van der Waals surface area contributed by atoms with Crippen LogP contribution >= 0.6 is 11.8 Å². The fourth-order valence-corrected chi connectivity index (χ4v) is 2.36. The smallest absolute Gasteiger partial charge is 0.335 e. The second-order valence-corrected chi connectivity index (χ2v) is 5.27. The van der Waals surface area contributed by atoms with E-state index in [9.17, 15) is 4.79 Å². The lowest BCUT2D eigenvalue weighted by Crippen LogP contribution is -2.02. The maximum Gasteiger partial charge on any atom is 0.335 e. The van der Waals surface area contributed by atoms with Crippen molar-refractivity contribution in [1.29, 1.82) is 0 Å². The number of rotatable bonds is 6. The molecule has 0 unspecified atom stereocenters. The molecule has 0 atom stereocenters. The molecule has 1 heterocycles. The van der Waals surface area contributed by atoms with E-state index in [2.05, 4.69) is 4.98 Å². The number of hydrogen-bond acceptors (Lipinski definition) is 4. The third kappa shape index (κ3) is 3.99. The molecule has 2 aromatic rings. The predicted molar refractivity (Wildman–Crippen MR) is 78.6 cm³/mol. The topological polar surface area (TPSA) is 59.4 Å². The average molecular weight is 289 g/mol. The summed E-state index contributed by atoms with van der Waals surface area (Å²) in [6.45, 7) is 2.55. The lowest BCUT2D eigenvalue weighted by atomic mass is 10.2. The minimum absolute atomic E-state index is 0.252. The summed E-state index contributed by atoms with van der Waals surface area (Å²) in [6, 6.07) is 10.9. The molecule has 104 valence electrons. The third-order valence-corrected chi connectivity index (χ3v) is 3.56. The highest BCUT2D eigenvalue weighted by atomic mass is 32.2. The molecule has 20 heavy (non-hydrogen) atoms. The highest BCUT2D eigenvalue weighted by Crippen LogP contribution is 2.19. The van der Waals surface area contributed by atoms with Gasteiger partial charge in [0.25, 0.3) is 0 Å². The number of benzene rings is 1. The number of ether oxygens (including phenoxy) is 1. The van der Waals surface area contributed by atoms with Gasteiger partial charge in [0.15, 0.2) is 0 Å². The summed E-state index contributed by atoms with van der Waals surface area (Å²) in [5.74, 6) is 0.649. The fraction of sp³-hybridized carbons (Fsp3) is 0.200. The van der Waals surface area contributed by atoms with Crippen molar-refractivity contribution in [3.8, 4) is 5.75 Å². The van der Waals surface area contributed by atoms with E-state index in [0.29, 0.717) is 17.4 Å². The number of carboxylic acid groups (broad SMARTS) is 1. The Balaban J connectivity index is 1.83. The van der Waals surface area contributed by atoms with Crippen LogP contribution in [0.2, 0.25) is 0 Å². The van der Waals surface area contributed by atoms with E-state index in [1.807, 2.05) is 31.2 Å². The SMILES string of the molecule is Cc1ccccc1OCCSc1cc(C(=O)O)ccn1. The van der Waals surface area contributed by atoms with Crippen molar-refractivity contribution in [2.24, 2.45) is 0 Å². The molecule has 0 amide bonds. The highest BCUT2D eigenvalue weighted by molar-refractivity contribution is 7.99. The van der Waals surface area contributed by atoms with Crippen LogP contribution in [0.25, 0.3) is 0 Å². The Morgan fingerprint density at radius 1 is 1.35 bits per heavy atom. The first-order chi connectivity index (χ1) is 9.66. The van der Waals surface area contributed by atoms with Crippen molar-refractivity contribution < 1.29 is 14.6 Å². The van der Waals surface area contributed by atoms with Crippen molar-refractivity contribution in [3.63, 3.8) is 0 Å². The van der Waals surface area contributed by atoms with Crippen molar-refractivity contribution in [2.75, 3.05) is 12.4 Å². The molecule has 1 aromatic heterocycles. The summed E-state index contributed by atoms with van der Waals surface area (Å²) in [5, 5.41) is 9.59. The molecule has 0 bridgehead atoms. The van der Waals surface area contributed by atoms with Crippen LogP contribution in [-0.2, 0) is 0 Å². The molecule has 2 rings (SSSR count). The Morgan fingerprint density at radius 3 is 2.90 bits per heavy atom. The molecule has 0 saturated heterocycles. The van der Waals surface area contributed by atoms with Crippen LogP contribution in [-0.4, -0.2) is 28.4 Å². The number of para-hydroxylation sites is 1. The Morgan fingerprint density at radius 2 is 2.15 bits per heavy atom. The molecular formula is C15H15NO3S. The molecule has 0 aliphatic rings. The van der Waals surface area contributed by atoms with E-state index in [0.717, 1.165) is 11.3 Å². The minimum Gasteiger partial charge on any atom is -0.492 e. The number of pyridine rings is 1. The van der Waals surface area contributed by atoms with Crippen LogP contribution in [0.1, 0.15) is 15.9 Å². The van der Waals surface area contributed by atoms with Crippen LogP contribution < -0.4 is 4.74 Å². The summed E-state index contributed by atoms with van der Waals surface area (Å²) in [6.07, 6.45) is 1.51. The molecule has 1 aromatic carbocycles. The second kappa shape index (κ2) is 6.96. The number of aryl methyl sites for hydroxylation is 1. The molecule has 0 aliphatic heterocycles. The van der Waals surface area contributed by atoms with Gasteiger partial charge in [-0.3, -0.25) is 0 Å². The zero-order chi connectivity index (χ0) is 14.4. The molecule has 0 spiro atoms. The molecule has 0 radical (unpaired) electrons. The van der Waals surface area contributed by atoms with Gasteiger partial charge in [0.05, 0.1) is 17.2 Å². The molecule has 5 heteroatoms. The predicted octanol–water partition coefficient (Wildman–Crippen LogP) is 3.26. The molecule has 0 aliphatic carbocycles. The number of carbonyl (C=O) groups is 1. The Labute approximate surface area is 121 Å². The summed E-state index contributed by atoms with van der Waals surface area (Å²) < 4.78 is 5.67. The van der Waals surface area contributed by atoms with Gasteiger partial charge >= 0.3 is 5.97 Å². The fourth-order valence-electron chi connectivity index (χ4n) is 1.64. The van der Waals surface area contributed by atoms with Crippen molar-refractivity contribution >= 4 is 17.7 Å². The second-order valence-electron chi connectivity index (χ2n) is 4.15. The van der Waals surface area contributed by atoms with Gasteiger partial charge in [0.2, 0.25) is 0 Å². The summed E-state index contributed by atoms with van der Waals surface area (Å²) in [4.78, 5) is 15.0. The number of thioether (sulfide) groups is 1. The maximum absolute atomic E-state index is 10.8. The van der Waals surface area contributed by atoms with Gasteiger partial charge in [-0.2, -0.15) is 0 Å². The summed E-state index contributed by atoms with van der Waals surface area (Å²) in [5.41, 5.74) is 1.35. The summed E-state index contributed by atoms with van der Waals surface area (Å²) >= 11 is 1.48. The zero-order valence-electron chi connectivity index (χ0n) is 11.1. The van der Waals surface area contributed by atoms with Gasteiger partial charge in [-0.25, -0.2) is 9.78 Å². The number of carboxylic acids is 1. The van der Waals surface area contributed by atoms with E-state index in [4.69, 9.17) is 9.84 Å². The van der Waals surface area contributed by atoms with Crippen LogP contribution in [0.4, 0.5) is 0 Å². The lowest BCUT2D eigenvalue weighted by molar-refractivity contribution is 0.0696. The zero-order valence-corrected chi connectivity index (χ0v) is 11.9. The van der Waals surface area contributed by atoms with Gasteiger partial charge < -0.3 is 9.84 Å². The van der Waals surface area contributed by atoms with Gasteiger partial charge in [0.1, 0.15) is 5.75 Å². The normalized spacial score (nSPS) is 10.2. The number of aromatic nitrogens is 1. The van der Waals surface area contributed by atoms with Crippen LogP contribution in [0, 0.1) is 6.92 Å². The first kappa shape index (κ1) is 14.4. The average Bonchev–Trinajstić information content (AvgIpc) is 2.45. The van der Waals surface area contributed by atoms with Crippen LogP contribution in [0.5, 0.6) is 5.75 Å². The first-order valence-corrected chi connectivity index (χ1v) is 7.16. The largest absolute Gasteiger partial charge is 0.492 e. The Bertz CT molecular complexity index is 601. The monoisotopic (exact) mass is 289 g/mol.